The second-order valence-electron chi connectivity index (χ2n) is 8.15. The molecule has 2 nitrogen and oxygen atoms in total. The van der Waals surface area contributed by atoms with E-state index in [9.17, 15) is 0 Å². The number of para-hydroxylation sites is 2. The molecule has 0 amide bonds. The average Bonchev–Trinajstić information content (AvgIpc) is 3.32. The van der Waals surface area contributed by atoms with Gasteiger partial charge in [-0.1, -0.05) is 147 Å². The lowest BCUT2D eigenvalue weighted by molar-refractivity contribution is 1.37. The molecule has 0 aliphatic heterocycles. The van der Waals surface area contributed by atoms with Crippen LogP contribution in [0.5, 0.6) is 0 Å². The molecule has 42 heavy (non-hydrogen) atoms. The summed E-state index contributed by atoms with van der Waals surface area (Å²) in [6, 6.07) is 31.5. The van der Waals surface area contributed by atoms with Gasteiger partial charge >= 0.3 is 0 Å². The second-order valence-corrected chi connectivity index (χ2v) is 8.15. The second kappa shape index (κ2) is 25.9. The molecule has 0 unspecified atom stereocenters. The number of rotatable bonds is 4. The molecule has 4 aromatic rings. The molecule has 1 aliphatic rings. The third-order valence-corrected chi connectivity index (χ3v) is 5.50. The summed E-state index contributed by atoms with van der Waals surface area (Å²) in [4.78, 5) is 0. The van der Waals surface area contributed by atoms with Gasteiger partial charge < -0.3 is 10.6 Å². The minimum Gasteiger partial charge on any atom is -0.355 e. The molecule has 0 radical (unpaired) electrons. The Balaban J connectivity index is 0. The fourth-order valence-corrected chi connectivity index (χ4v) is 3.70. The Kier molecular flexibility index (Phi) is 24.7. The van der Waals surface area contributed by atoms with Crippen molar-refractivity contribution in [3.05, 3.63) is 138 Å². The standard InChI is InChI=1S/C17H15N.C14H15N.4C2H6.CH4/c1-13-10-11-14-6-5-9-17(16(14)12-13)18-15-7-3-2-4-8-15;1-12-8-6-7-11-14(12)15-13-9-4-2-3-5-10-13;4*1-2;/h2-12,18H,1H3;2,4-11,15H,3H2,1H3;4*1-2H3;1H4. The molecule has 0 spiro atoms. The Bertz CT molecular complexity index is 1300. The molecule has 4 aromatic carbocycles. The number of hydrogen-bond donors (Lipinski definition) is 2. The number of hydrogen-bond acceptors (Lipinski definition) is 2. The van der Waals surface area contributed by atoms with E-state index < -0.39 is 0 Å². The monoisotopic (exact) mass is 566 g/mol. The molecule has 0 atom stereocenters. The fraction of sp³-hybridized carbons (Fsp3) is 0.300. The quantitative estimate of drug-likeness (QED) is 0.257. The number of fused-ring (bicyclic) bond motifs is 1. The average molecular weight is 567 g/mol. The zero-order chi connectivity index (χ0) is 30.9. The van der Waals surface area contributed by atoms with Gasteiger partial charge in [-0.3, -0.25) is 0 Å². The maximum Gasteiger partial charge on any atom is 0.0464 e. The van der Waals surface area contributed by atoms with Crippen molar-refractivity contribution in [2.24, 2.45) is 0 Å². The fourth-order valence-electron chi connectivity index (χ4n) is 3.70. The highest BCUT2D eigenvalue weighted by atomic mass is 14.9. The first-order valence-corrected chi connectivity index (χ1v) is 15.4. The molecule has 0 saturated heterocycles. The molecule has 2 N–H and O–H groups in total. The molecular formula is C40H58N2. The van der Waals surface area contributed by atoms with Crippen LogP contribution in [0.4, 0.5) is 17.1 Å². The Hall–Kier alpha value is -4.04. The van der Waals surface area contributed by atoms with Gasteiger partial charge in [0.15, 0.2) is 0 Å². The van der Waals surface area contributed by atoms with Gasteiger partial charge in [0.05, 0.1) is 0 Å². The van der Waals surface area contributed by atoms with Crippen molar-refractivity contribution < 1.29 is 0 Å². The van der Waals surface area contributed by atoms with E-state index in [0.717, 1.165) is 23.5 Å². The number of nitrogens with one attached hydrogen (secondary N) is 2. The van der Waals surface area contributed by atoms with Crippen LogP contribution in [0.1, 0.15) is 80.4 Å². The minimum absolute atomic E-state index is 0. The van der Waals surface area contributed by atoms with E-state index >= 15 is 0 Å². The maximum atomic E-state index is 3.47. The van der Waals surface area contributed by atoms with E-state index in [1.54, 1.807) is 0 Å². The highest BCUT2D eigenvalue weighted by molar-refractivity contribution is 5.95. The lowest BCUT2D eigenvalue weighted by Gasteiger charge is -2.10. The molecule has 5 rings (SSSR count). The van der Waals surface area contributed by atoms with Crippen molar-refractivity contribution in [2.75, 3.05) is 10.6 Å². The smallest absolute Gasteiger partial charge is 0.0464 e. The Morgan fingerprint density at radius 2 is 1.19 bits per heavy atom. The van der Waals surface area contributed by atoms with Gasteiger partial charge in [-0.05, 0) is 73.7 Å². The van der Waals surface area contributed by atoms with Crippen LogP contribution in [0.25, 0.3) is 10.8 Å². The van der Waals surface area contributed by atoms with E-state index in [1.807, 2.05) is 79.7 Å². The van der Waals surface area contributed by atoms with E-state index in [-0.39, 0.29) is 7.43 Å². The predicted molar refractivity (Wildman–Crippen MR) is 196 cm³/mol. The van der Waals surface area contributed by atoms with Gasteiger partial charge in [0.1, 0.15) is 0 Å². The third kappa shape index (κ3) is 14.6. The Morgan fingerprint density at radius 1 is 0.571 bits per heavy atom. The number of benzene rings is 4. The van der Waals surface area contributed by atoms with Crippen molar-refractivity contribution in [1.82, 2.24) is 0 Å². The van der Waals surface area contributed by atoms with Crippen LogP contribution >= 0.6 is 0 Å². The summed E-state index contributed by atoms with van der Waals surface area (Å²) in [6.07, 6.45) is 11.6. The summed E-state index contributed by atoms with van der Waals surface area (Å²) in [5.74, 6) is 0. The van der Waals surface area contributed by atoms with Gasteiger partial charge in [-0.2, -0.15) is 0 Å². The van der Waals surface area contributed by atoms with Crippen LogP contribution in [0.3, 0.4) is 0 Å². The van der Waals surface area contributed by atoms with Gasteiger partial charge in [0.2, 0.25) is 0 Å². The molecule has 228 valence electrons. The number of anilines is 3. The first kappa shape index (κ1) is 40.1. The highest BCUT2D eigenvalue weighted by Gasteiger charge is 2.01. The van der Waals surface area contributed by atoms with Crippen molar-refractivity contribution in [3.63, 3.8) is 0 Å². The lowest BCUT2D eigenvalue weighted by atomic mass is 10.1. The van der Waals surface area contributed by atoms with Crippen LogP contribution in [-0.4, -0.2) is 0 Å². The molecule has 0 heterocycles. The van der Waals surface area contributed by atoms with E-state index in [4.69, 9.17) is 0 Å². The first-order chi connectivity index (χ1) is 20.2. The van der Waals surface area contributed by atoms with Crippen molar-refractivity contribution in [1.29, 1.82) is 0 Å². The summed E-state index contributed by atoms with van der Waals surface area (Å²) in [6.45, 7) is 20.2. The van der Waals surface area contributed by atoms with Gasteiger partial charge in [-0.15, -0.1) is 0 Å². The number of aryl methyl sites for hydroxylation is 2. The largest absolute Gasteiger partial charge is 0.355 e. The zero-order valence-corrected chi connectivity index (χ0v) is 27.3. The minimum atomic E-state index is 0. The van der Waals surface area contributed by atoms with Gasteiger partial charge in [-0.25, -0.2) is 0 Å². The molecule has 0 aromatic heterocycles. The highest BCUT2D eigenvalue weighted by Crippen LogP contribution is 2.27. The van der Waals surface area contributed by atoms with E-state index in [2.05, 4.69) is 122 Å². The Labute approximate surface area is 259 Å². The van der Waals surface area contributed by atoms with Gasteiger partial charge in [0, 0.05) is 28.1 Å². The van der Waals surface area contributed by atoms with Crippen LogP contribution in [-0.2, 0) is 0 Å². The van der Waals surface area contributed by atoms with E-state index in [0.29, 0.717) is 0 Å². The predicted octanol–water partition coefficient (Wildman–Crippen LogP) is 13.4. The molecule has 0 fully saturated rings. The summed E-state index contributed by atoms with van der Waals surface area (Å²) in [5.41, 5.74) is 7.13. The van der Waals surface area contributed by atoms with Crippen LogP contribution in [0.15, 0.2) is 127 Å². The first-order valence-electron chi connectivity index (χ1n) is 15.4. The number of allylic oxidation sites excluding steroid dienone is 5. The van der Waals surface area contributed by atoms with Crippen LogP contribution in [0.2, 0.25) is 0 Å². The Morgan fingerprint density at radius 3 is 1.86 bits per heavy atom. The summed E-state index contributed by atoms with van der Waals surface area (Å²) >= 11 is 0. The molecule has 0 bridgehead atoms. The van der Waals surface area contributed by atoms with Crippen molar-refractivity contribution >= 4 is 27.8 Å². The van der Waals surface area contributed by atoms with Crippen LogP contribution in [0, 0.1) is 13.8 Å². The lowest BCUT2D eigenvalue weighted by Crippen LogP contribution is -1.97. The molecule has 1 aliphatic carbocycles. The zero-order valence-electron chi connectivity index (χ0n) is 27.3. The van der Waals surface area contributed by atoms with Crippen molar-refractivity contribution in [2.45, 2.75) is 83.1 Å². The molecule has 0 saturated carbocycles. The van der Waals surface area contributed by atoms with Gasteiger partial charge in [0.25, 0.3) is 0 Å². The molecule has 2 heteroatoms. The summed E-state index contributed by atoms with van der Waals surface area (Å²) in [5, 5.41) is 9.42. The maximum absolute atomic E-state index is 3.47. The topological polar surface area (TPSA) is 24.1 Å². The SMILES string of the molecule is C.CC.CC.CC.CC.Cc1ccc2cccc(Nc3ccccc3)c2c1.Cc1ccccc1NC1=CC=CCC=C1. The summed E-state index contributed by atoms with van der Waals surface area (Å²) < 4.78 is 0. The van der Waals surface area contributed by atoms with Crippen molar-refractivity contribution in [3.8, 4) is 0 Å². The summed E-state index contributed by atoms with van der Waals surface area (Å²) in [7, 11) is 0. The normalized spacial score (nSPS) is 10.3. The van der Waals surface area contributed by atoms with Crippen LogP contribution < -0.4 is 10.6 Å². The third-order valence-electron chi connectivity index (χ3n) is 5.50. The van der Waals surface area contributed by atoms with E-state index in [1.165, 1.54) is 27.6 Å². The molecular weight excluding hydrogens is 508 g/mol.